The quantitative estimate of drug-likeness (QED) is 0.888. The molecule has 1 aliphatic rings. The van der Waals surface area contributed by atoms with E-state index < -0.39 is 0 Å². The van der Waals surface area contributed by atoms with Gasteiger partial charge in [-0.3, -0.25) is 4.98 Å². The molecule has 1 aromatic carbocycles. The number of hydrogen-bond donors (Lipinski definition) is 1. The number of rotatable bonds is 3. The van der Waals surface area contributed by atoms with Crippen LogP contribution in [-0.4, -0.2) is 11.0 Å². The van der Waals surface area contributed by atoms with Gasteiger partial charge in [0.25, 0.3) is 0 Å². The highest BCUT2D eigenvalue weighted by atomic mass is 14.9. The summed E-state index contributed by atoms with van der Waals surface area (Å²) in [6.45, 7) is 3.29. The Balaban J connectivity index is 1.78. The van der Waals surface area contributed by atoms with Gasteiger partial charge >= 0.3 is 0 Å². The minimum absolute atomic E-state index is 0.684. The molecule has 3 rings (SSSR count). The van der Waals surface area contributed by atoms with Crippen molar-refractivity contribution in [1.29, 1.82) is 0 Å². The summed E-state index contributed by atoms with van der Waals surface area (Å²) in [5.74, 6) is 0.813. The molecule has 18 heavy (non-hydrogen) atoms. The standard InChI is InChI=1S/C16H20N2/c1-12-5-4-8-16(12)18-11-14-10-17-9-13-6-2-3-7-15(13)14/h2-3,6-7,9-10,12,16,18H,4-5,8,11H2,1H3. The van der Waals surface area contributed by atoms with Crippen molar-refractivity contribution in [3.05, 3.63) is 42.2 Å². The lowest BCUT2D eigenvalue weighted by Gasteiger charge is -2.17. The van der Waals surface area contributed by atoms with E-state index in [1.807, 2.05) is 12.4 Å². The molecule has 2 atom stereocenters. The largest absolute Gasteiger partial charge is 0.310 e. The summed E-state index contributed by atoms with van der Waals surface area (Å²) in [7, 11) is 0. The van der Waals surface area contributed by atoms with Gasteiger partial charge in [-0.15, -0.1) is 0 Å². The van der Waals surface area contributed by atoms with Gasteiger partial charge in [-0.2, -0.15) is 0 Å². The van der Waals surface area contributed by atoms with Crippen LogP contribution in [0.3, 0.4) is 0 Å². The van der Waals surface area contributed by atoms with Crippen LogP contribution in [0.15, 0.2) is 36.7 Å². The van der Waals surface area contributed by atoms with E-state index in [2.05, 4.69) is 41.5 Å². The van der Waals surface area contributed by atoms with Gasteiger partial charge in [0.2, 0.25) is 0 Å². The fraction of sp³-hybridized carbons (Fsp3) is 0.438. The van der Waals surface area contributed by atoms with E-state index in [9.17, 15) is 0 Å². The summed E-state index contributed by atoms with van der Waals surface area (Å²) in [6.07, 6.45) is 7.99. The highest BCUT2D eigenvalue weighted by Gasteiger charge is 2.22. The summed E-state index contributed by atoms with van der Waals surface area (Å²) in [5, 5.41) is 6.26. The zero-order chi connectivity index (χ0) is 12.4. The number of hydrogen-bond acceptors (Lipinski definition) is 2. The van der Waals surface area contributed by atoms with Crippen LogP contribution in [0.25, 0.3) is 10.8 Å². The summed E-state index contributed by atoms with van der Waals surface area (Å²) in [6, 6.07) is 9.17. The van der Waals surface area contributed by atoms with E-state index in [1.165, 1.54) is 35.6 Å². The summed E-state index contributed by atoms with van der Waals surface area (Å²) in [4.78, 5) is 4.34. The van der Waals surface area contributed by atoms with E-state index in [4.69, 9.17) is 0 Å². The first-order chi connectivity index (χ1) is 8.84. The van der Waals surface area contributed by atoms with Gasteiger partial charge in [-0.1, -0.05) is 37.6 Å². The predicted octanol–water partition coefficient (Wildman–Crippen LogP) is 3.51. The number of fused-ring (bicyclic) bond motifs is 1. The monoisotopic (exact) mass is 240 g/mol. The van der Waals surface area contributed by atoms with Crippen LogP contribution < -0.4 is 5.32 Å². The topological polar surface area (TPSA) is 24.9 Å². The average Bonchev–Trinajstić information content (AvgIpc) is 2.82. The Kier molecular flexibility index (Phi) is 3.28. The highest BCUT2D eigenvalue weighted by molar-refractivity contribution is 5.84. The molecule has 1 aromatic heterocycles. The van der Waals surface area contributed by atoms with Gasteiger partial charge in [0, 0.05) is 30.4 Å². The predicted molar refractivity (Wildman–Crippen MR) is 75.4 cm³/mol. The molecule has 2 unspecified atom stereocenters. The van der Waals surface area contributed by atoms with E-state index in [0.717, 1.165) is 12.5 Å². The molecule has 2 heteroatoms. The Morgan fingerprint density at radius 2 is 2.11 bits per heavy atom. The average molecular weight is 240 g/mol. The molecule has 94 valence electrons. The zero-order valence-electron chi connectivity index (χ0n) is 10.9. The van der Waals surface area contributed by atoms with E-state index in [0.29, 0.717) is 6.04 Å². The zero-order valence-corrected chi connectivity index (χ0v) is 10.9. The Bertz CT molecular complexity index is 530. The Morgan fingerprint density at radius 3 is 2.94 bits per heavy atom. The molecule has 0 aliphatic heterocycles. The minimum atomic E-state index is 0.684. The first kappa shape index (κ1) is 11.7. The molecule has 0 spiro atoms. The number of nitrogens with one attached hydrogen (secondary N) is 1. The third kappa shape index (κ3) is 2.25. The first-order valence-corrected chi connectivity index (χ1v) is 6.89. The van der Waals surface area contributed by atoms with Crippen LogP contribution >= 0.6 is 0 Å². The van der Waals surface area contributed by atoms with Crippen molar-refractivity contribution in [2.75, 3.05) is 0 Å². The molecule has 0 saturated heterocycles. The van der Waals surface area contributed by atoms with Crippen molar-refractivity contribution in [2.45, 2.75) is 38.8 Å². The number of pyridine rings is 1. The highest BCUT2D eigenvalue weighted by Crippen LogP contribution is 2.25. The van der Waals surface area contributed by atoms with Gasteiger partial charge in [0.05, 0.1) is 0 Å². The second kappa shape index (κ2) is 5.07. The molecule has 1 fully saturated rings. The molecule has 2 nitrogen and oxygen atoms in total. The first-order valence-electron chi connectivity index (χ1n) is 6.89. The van der Waals surface area contributed by atoms with Crippen LogP contribution in [-0.2, 0) is 6.54 Å². The molecule has 1 N–H and O–H groups in total. The van der Waals surface area contributed by atoms with Crippen LogP contribution in [0.5, 0.6) is 0 Å². The van der Waals surface area contributed by atoms with Gasteiger partial charge in [0.15, 0.2) is 0 Å². The minimum Gasteiger partial charge on any atom is -0.310 e. The lowest BCUT2D eigenvalue weighted by Crippen LogP contribution is -2.30. The number of nitrogens with zero attached hydrogens (tertiary/aromatic N) is 1. The smallest absolute Gasteiger partial charge is 0.0346 e. The van der Waals surface area contributed by atoms with Crippen molar-refractivity contribution in [2.24, 2.45) is 5.92 Å². The molecular weight excluding hydrogens is 220 g/mol. The van der Waals surface area contributed by atoms with Gasteiger partial charge in [-0.25, -0.2) is 0 Å². The summed E-state index contributed by atoms with van der Waals surface area (Å²) in [5.41, 5.74) is 1.31. The Morgan fingerprint density at radius 1 is 1.22 bits per heavy atom. The van der Waals surface area contributed by atoms with Crippen molar-refractivity contribution >= 4 is 10.8 Å². The molecule has 0 radical (unpaired) electrons. The van der Waals surface area contributed by atoms with Crippen LogP contribution in [0.4, 0.5) is 0 Å². The molecule has 1 saturated carbocycles. The summed E-state index contributed by atoms with van der Waals surface area (Å²) >= 11 is 0. The molecule has 1 aliphatic carbocycles. The molecule has 2 aromatic rings. The lowest BCUT2D eigenvalue weighted by atomic mass is 10.0. The van der Waals surface area contributed by atoms with Crippen molar-refractivity contribution in [1.82, 2.24) is 10.3 Å². The summed E-state index contributed by atoms with van der Waals surface area (Å²) < 4.78 is 0. The van der Waals surface area contributed by atoms with Gasteiger partial charge in [0.1, 0.15) is 0 Å². The van der Waals surface area contributed by atoms with Crippen molar-refractivity contribution in [3.63, 3.8) is 0 Å². The maximum atomic E-state index is 4.34. The molecular formula is C16H20N2. The lowest BCUT2D eigenvalue weighted by molar-refractivity contribution is 0.426. The van der Waals surface area contributed by atoms with Crippen LogP contribution in [0, 0.1) is 5.92 Å². The second-order valence-electron chi connectivity index (χ2n) is 5.42. The van der Waals surface area contributed by atoms with Gasteiger partial charge in [-0.05, 0) is 29.7 Å². The van der Waals surface area contributed by atoms with E-state index >= 15 is 0 Å². The third-order valence-corrected chi connectivity index (χ3v) is 4.17. The van der Waals surface area contributed by atoms with Crippen molar-refractivity contribution < 1.29 is 0 Å². The van der Waals surface area contributed by atoms with Crippen LogP contribution in [0.1, 0.15) is 31.7 Å². The molecule has 0 amide bonds. The molecule has 1 heterocycles. The maximum absolute atomic E-state index is 4.34. The Labute approximate surface area is 108 Å². The number of aromatic nitrogens is 1. The van der Waals surface area contributed by atoms with Crippen molar-refractivity contribution in [3.8, 4) is 0 Å². The fourth-order valence-corrected chi connectivity index (χ4v) is 3.01. The fourth-order valence-electron chi connectivity index (χ4n) is 3.01. The number of benzene rings is 1. The second-order valence-corrected chi connectivity index (χ2v) is 5.42. The Hall–Kier alpha value is -1.41. The molecule has 0 bridgehead atoms. The third-order valence-electron chi connectivity index (χ3n) is 4.17. The maximum Gasteiger partial charge on any atom is 0.0346 e. The normalized spacial score (nSPS) is 23.6. The SMILES string of the molecule is CC1CCCC1NCc1cncc2ccccc12. The van der Waals surface area contributed by atoms with E-state index in [-0.39, 0.29) is 0 Å². The van der Waals surface area contributed by atoms with Gasteiger partial charge < -0.3 is 5.32 Å². The van der Waals surface area contributed by atoms with E-state index in [1.54, 1.807) is 0 Å². The van der Waals surface area contributed by atoms with Crippen LogP contribution in [0.2, 0.25) is 0 Å².